The number of benzene rings is 3. The summed E-state index contributed by atoms with van der Waals surface area (Å²) in [4.78, 5) is 28.7. The molecule has 6 heteroatoms. The first-order chi connectivity index (χ1) is 18.1. The number of rotatable bonds is 8. The van der Waals surface area contributed by atoms with E-state index in [1.807, 2.05) is 78.9 Å². The number of methoxy groups -OCH3 is 1. The van der Waals surface area contributed by atoms with Crippen LogP contribution < -0.4 is 4.74 Å². The number of carbonyl (C=O) groups is 2. The molecule has 1 fully saturated rings. The standard InChI is InChI=1S/C31H33NO5/c1-35-31(34)27-19-26-24(15-10-18-28(26)36-21-22-11-4-2-5-12-22)20-32(27)30(33)29(23-13-6-3-7-14-23)37-25-16-8-9-17-25/h2-7,10-15,18,25,27,29H,8-9,16-17,19-21H2,1H3/t27-,29-/m0/s1. The molecule has 0 saturated heterocycles. The van der Waals surface area contributed by atoms with Gasteiger partial charge >= 0.3 is 5.97 Å². The van der Waals surface area contributed by atoms with Crippen molar-refractivity contribution in [1.29, 1.82) is 0 Å². The summed E-state index contributed by atoms with van der Waals surface area (Å²) in [5.41, 5.74) is 3.76. The maximum absolute atomic E-state index is 14.1. The molecule has 0 aromatic heterocycles. The quantitative estimate of drug-likeness (QED) is 0.389. The van der Waals surface area contributed by atoms with Gasteiger partial charge in [-0.25, -0.2) is 4.79 Å². The molecule has 1 heterocycles. The van der Waals surface area contributed by atoms with Gasteiger partial charge in [-0.2, -0.15) is 0 Å². The van der Waals surface area contributed by atoms with Gasteiger partial charge in [0, 0.05) is 18.5 Å². The van der Waals surface area contributed by atoms with E-state index in [2.05, 4.69) is 0 Å². The van der Waals surface area contributed by atoms with E-state index in [1.165, 1.54) is 7.11 Å². The number of carbonyl (C=O) groups excluding carboxylic acids is 2. The van der Waals surface area contributed by atoms with Crippen molar-refractivity contribution in [3.05, 3.63) is 101 Å². The number of hydrogen-bond acceptors (Lipinski definition) is 5. The molecule has 2 atom stereocenters. The lowest BCUT2D eigenvalue weighted by molar-refractivity contribution is -0.161. The fourth-order valence-corrected chi connectivity index (χ4v) is 5.31. The second kappa shape index (κ2) is 11.6. The number of hydrogen-bond donors (Lipinski definition) is 0. The fourth-order valence-electron chi connectivity index (χ4n) is 5.31. The van der Waals surface area contributed by atoms with Crippen molar-refractivity contribution in [1.82, 2.24) is 4.90 Å². The molecule has 0 unspecified atom stereocenters. The normalized spacial score (nSPS) is 18.2. The smallest absolute Gasteiger partial charge is 0.328 e. The second-order valence-electron chi connectivity index (χ2n) is 9.71. The lowest BCUT2D eigenvalue weighted by Crippen LogP contribution is -2.51. The minimum atomic E-state index is -0.768. The first-order valence-corrected chi connectivity index (χ1v) is 13.0. The van der Waals surface area contributed by atoms with Gasteiger partial charge in [0.2, 0.25) is 0 Å². The van der Waals surface area contributed by atoms with Gasteiger partial charge in [0.25, 0.3) is 5.91 Å². The third kappa shape index (κ3) is 5.70. The molecule has 0 radical (unpaired) electrons. The highest BCUT2D eigenvalue weighted by Crippen LogP contribution is 2.35. The Hall–Kier alpha value is -3.64. The van der Waals surface area contributed by atoms with E-state index in [0.29, 0.717) is 13.0 Å². The van der Waals surface area contributed by atoms with Gasteiger partial charge in [-0.05, 0) is 35.6 Å². The van der Waals surface area contributed by atoms with Crippen LogP contribution in [-0.2, 0) is 38.6 Å². The molecule has 1 aliphatic heterocycles. The summed E-state index contributed by atoms with van der Waals surface area (Å²) in [6, 6.07) is 24.6. The van der Waals surface area contributed by atoms with Crippen molar-refractivity contribution < 1.29 is 23.8 Å². The molecule has 37 heavy (non-hydrogen) atoms. The zero-order chi connectivity index (χ0) is 25.6. The van der Waals surface area contributed by atoms with E-state index in [1.54, 1.807) is 4.90 Å². The number of amides is 1. The van der Waals surface area contributed by atoms with Crippen LogP contribution in [0.2, 0.25) is 0 Å². The summed E-state index contributed by atoms with van der Waals surface area (Å²) >= 11 is 0. The summed E-state index contributed by atoms with van der Waals surface area (Å²) in [5.74, 6) is 0.0727. The maximum atomic E-state index is 14.1. The maximum Gasteiger partial charge on any atom is 0.328 e. The third-order valence-electron chi connectivity index (χ3n) is 7.30. The molecule has 0 N–H and O–H groups in total. The molecule has 1 amide bonds. The minimum absolute atomic E-state index is 0.0424. The van der Waals surface area contributed by atoms with Crippen LogP contribution in [-0.4, -0.2) is 36.0 Å². The van der Waals surface area contributed by atoms with Crippen LogP contribution in [0.15, 0.2) is 78.9 Å². The summed E-state index contributed by atoms with van der Waals surface area (Å²) in [6.07, 6.45) is 3.70. The molecule has 192 valence electrons. The Morgan fingerprint density at radius 2 is 1.62 bits per heavy atom. The topological polar surface area (TPSA) is 65.1 Å². The number of ether oxygens (including phenoxy) is 3. The number of esters is 1. The predicted molar refractivity (Wildman–Crippen MR) is 140 cm³/mol. The second-order valence-corrected chi connectivity index (χ2v) is 9.71. The zero-order valence-electron chi connectivity index (χ0n) is 21.2. The summed E-state index contributed by atoms with van der Waals surface area (Å²) in [5, 5.41) is 0. The van der Waals surface area contributed by atoms with Crippen molar-refractivity contribution in [2.24, 2.45) is 0 Å². The van der Waals surface area contributed by atoms with E-state index in [4.69, 9.17) is 14.2 Å². The number of nitrogens with zero attached hydrogens (tertiary/aromatic N) is 1. The monoisotopic (exact) mass is 499 g/mol. The van der Waals surface area contributed by atoms with Gasteiger partial charge in [0.05, 0.1) is 13.2 Å². The highest BCUT2D eigenvalue weighted by molar-refractivity contribution is 5.88. The fraction of sp³-hybridized carbons (Fsp3) is 0.355. The SMILES string of the molecule is COC(=O)[C@@H]1Cc2c(cccc2OCc2ccccc2)CN1C(=O)[C@@H](OC1CCCC1)c1ccccc1. The lowest BCUT2D eigenvalue weighted by atomic mass is 9.92. The Kier molecular flexibility index (Phi) is 7.85. The van der Waals surface area contributed by atoms with Crippen LogP contribution >= 0.6 is 0 Å². The largest absolute Gasteiger partial charge is 0.489 e. The molecule has 3 aromatic carbocycles. The molecular weight excluding hydrogens is 466 g/mol. The Balaban J connectivity index is 1.43. The lowest BCUT2D eigenvalue weighted by Gasteiger charge is -2.38. The van der Waals surface area contributed by atoms with Gasteiger partial charge in [-0.3, -0.25) is 4.79 Å². The van der Waals surface area contributed by atoms with E-state index < -0.39 is 18.1 Å². The van der Waals surface area contributed by atoms with Crippen molar-refractivity contribution in [2.45, 2.75) is 63.5 Å². The molecule has 2 aliphatic rings. The van der Waals surface area contributed by atoms with Crippen LogP contribution in [0.1, 0.15) is 54.0 Å². The third-order valence-corrected chi connectivity index (χ3v) is 7.30. The zero-order valence-corrected chi connectivity index (χ0v) is 21.2. The number of fused-ring (bicyclic) bond motifs is 1. The Labute approximate surface area is 218 Å². The highest BCUT2D eigenvalue weighted by Gasteiger charge is 2.40. The van der Waals surface area contributed by atoms with E-state index in [9.17, 15) is 9.59 Å². The average molecular weight is 500 g/mol. The van der Waals surface area contributed by atoms with Gasteiger partial charge in [0.15, 0.2) is 6.10 Å². The Bertz CT molecular complexity index is 1210. The van der Waals surface area contributed by atoms with Crippen molar-refractivity contribution in [3.63, 3.8) is 0 Å². The van der Waals surface area contributed by atoms with Crippen molar-refractivity contribution >= 4 is 11.9 Å². The summed E-state index contributed by atoms with van der Waals surface area (Å²) in [7, 11) is 1.36. The molecule has 0 spiro atoms. The molecule has 1 aliphatic carbocycles. The molecule has 5 rings (SSSR count). The van der Waals surface area contributed by atoms with Crippen LogP contribution in [0.5, 0.6) is 5.75 Å². The van der Waals surface area contributed by atoms with Crippen molar-refractivity contribution in [2.75, 3.05) is 7.11 Å². The van der Waals surface area contributed by atoms with Gasteiger partial charge < -0.3 is 19.1 Å². The molecular formula is C31H33NO5. The van der Waals surface area contributed by atoms with E-state index in [0.717, 1.165) is 53.7 Å². The van der Waals surface area contributed by atoms with Gasteiger partial charge in [-0.1, -0.05) is 85.6 Å². The van der Waals surface area contributed by atoms with Crippen LogP contribution in [0, 0.1) is 0 Å². The Morgan fingerprint density at radius 1 is 0.919 bits per heavy atom. The summed E-state index contributed by atoms with van der Waals surface area (Å²) < 4.78 is 17.7. The molecule has 6 nitrogen and oxygen atoms in total. The Morgan fingerprint density at radius 3 is 2.32 bits per heavy atom. The van der Waals surface area contributed by atoms with Crippen LogP contribution in [0.3, 0.4) is 0 Å². The van der Waals surface area contributed by atoms with Gasteiger partial charge in [0.1, 0.15) is 18.4 Å². The van der Waals surface area contributed by atoms with Crippen molar-refractivity contribution in [3.8, 4) is 5.75 Å². The first-order valence-electron chi connectivity index (χ1n) is 13.0. The molecule has 1 saturated carbocycles. The first kappa shape index (κ1) is 25.0. The predicted octanol–water partition coefficient (Wildman–Crippen LogP) is 5.39. The van der Waals surface area contributed by atoms with E-state index >= 15 is 0 Å². The van der Waals surface area contributed by atoms with Gasteiger partial charge in [-0.15, -0.1) is 0 Å². The average Bonchev–Trinajstić information content (AvgIpc) is 3.47. The van der Waals surface area contributed by atoms with E-state index in [-0.39, 0.29) is 18.6 Å². The van der Waals surface area contributed by atoms with Crippen LogP contribution in [0.4, 0.5) is 0 Å². The van der Waals surface area contributed by atoms with Crippen LogP contribution in [0.25, 0.3) is 0 Å². The molecule has 0 bridgehead atoms. The minimum Gasteiger partial charge on any atom is -0.489 e. The highest BCUT2D eigenvalue weighted by atomic mass is 16.5. The summed E-state index contributed by atoms with van der Waals surface area (Å²) in [6.45, 7) is 0.710. The molecule has 3 aromatic rings.